The van der Waals surface area contributed by atoms with Crippen LogP contribution in [0, 0.1) is 0 Å². The first-order valence-corrected chi connectivity index (χ1v) is 6.64. The first-order chi connectivity index (χ1) is 9.43. The van der Waals surface area contributed by atoms with Gasteiger partial charge in [0.2, 0.25) is 0 Å². The highest BCUT2D eigenvalue weighted by Crippen LogP contribution is 2.25. The summed E-state index contributed by atoms with van der Waals surface area (Å²) in [5.74, 6) is 0.751. The zero-order chi connectivity index (χ0) is 14.5. The second-order valence-corrected chi connectivity index (χ2v) is 5.93. The minimum absolute atomic E-state index is 0.0169. The molecule has 0 unspecified atom stereocenters. The molecular formula is C16H18N2O2. The van der Waals surface area contributed by atoms with Crippen molar-refractivity contribution in [3.8, 4) is 5.75 Å². The number of ether oxygens (including phenoxy) is 1. The first-order valence-electron chi connectivity index (χ1n) is 6.64. The van der Waals surface area contributed by atoms with E-state index in [0.717, 1.165) is 16.8 Å². The van der Waals surface area contributed by atoms with E-state index in [-0.39, 0.29) is 11.1 Å². The summed E-state index contributed by atoms with van der Waals surface area (Å²) in [6.45, 7) is 6.10. The highest BCUT2D eigenvalue weighted by molar-refractivity contribution is 5.80. The lowest BCUT2D eigenvalue weighted by atomic mass is 10.1. The predicted molar refractivity (Wildman–Crippen MR) is 80.7 cm³/mol. The molecule has 0 fully saturated rings. The third-order valence-corrected chi connectivity index (χ3v) is 3.52. The quantitative estimate of drug-likeness (QED) is 0.681. The Bertz CT molecular complexity index is 850. The molecule has 2 heterocycles. The van der Waals surface area contributed by atoms with Crippen molar-refractivity contribution < 1.29 is 4.74 Å². The molecule has 3 rings (SSSR count). The number of hydrogen-bond acceptors (Lipinski definition) is 2. The smallest absolute Gasteiger partial charge is 0.275 e. The normalized spacial score (nSPS) is 12.2. The Hall–Kier alpha value is -2.23. The molecule has 104 valence electrons. The Morgan fingerprint density at radius 1 is 1.05 bits per heavy atom. The number of hydrogen-bond donors (Lipinski definition) is 0. The van der Waals surface area contributed by atoms with Crippen LogP contribution in [0.4, 0.5) is 0 Å². The third-order valence-electron chi connectivity index (χ3n) is 3.52. The fourth-order valence-corrected chi connectivity index (χ4v) is 2.67. The summed E-state index contributed by atoms with van der Waals surface area (Å²) < 4.78 is 9.06. The number of rotatable bonds is 1. The molecule has 1 aromatic carbocycles. The van der Waals surface area contributed by atoms with Gasteiger partial charge >= 0.3 is 0 Å². The van der Waals surface area contributed by atoms with Gasteiger partial charge < -0.3 is 9.14 Å². The lowest BCUT2D eigenvalue weighted by molar-refractivity contribution is 0.395. The van der Waals surface area contributed by atoms with Crippen LogP contribution in [0.1, 0.15) is 20.8 Å². The van der Waals surface area contributed by atoms with Crippen molar-refractivity contribution in [2.24, 2.45) is 0 Å². The molecule has 0 spiro atoms. The molecule has 0 saturated carbocycles. The van der Waals surface area contributed by atoms with Crippen LogP contribution in [0.25, 0.3) is 16.6 Å². The summed E-state index contributed by atoms with van der Waals surface area (Å²) in [7, 11) is 1.63. The first kappa shape index (κ1) is 12.8. The van der Waals surface area contributed by atoms with Crippen LogP contribution in [0.5, 0.6) is 5.75 Å². The van der Waals surface area contributed by atoms with E-state index in [4.69, 9.17) is 4.74 Å². The Morgan fingerprint density at radius 2 is 1.80 bits per heavy atom. The molecule has 0 atom stereocenters. The summed E-state index contributed by atoms with van der Waals surface area (Å²) >= 11 is 0. The van der Waals surface area contributed by atoms with E-state index in [9.17, 15) is 4.79 Å². The van der Waals surface area contributed by atoms with E-state index in [1.165, 1.54) is 0 Å². The van der Waals surface area contributed by atoms with Gasteiger partial charge in [0.25, 0.3) is 5.56 Å². The molecule has 4 nitrogen and oxygen atoms in total. The Kier molecular flexibility index (Phi) is 2.64. The average molecular weight is 270 g/mol. The van der Waals surface area contributed by atoms with E-state index in [1.807, 2.05) is 66.3 Å². The van der Waals surface area contributed by atoms with E-state index in [0.29, 0.717) is 5.52 Å². The fraction of sp³-hybridized carbons (Fsp3) is 0.312. The van der Waals surface area contributed by atoms with Gasteiger partial charge in [-0.15, -0.1) is 0 Å². The van der Waals surface area contributed by atoms with Gasteiger partial charge in [-0.25, -0.2) is 0 Å². The van der Waals surface area contributed by atoms with Crippen molar-refractivity contribution in [2.45, 2.75) is 26.3 Å². The van der Waals surface area contributed by atoms with Gasteiger partial charge in [-0.05, 0) is 45.0 Å². The lowest BCUT2D eigenvalue weighted by Crippen LogP contribution is -2.35. The maximum Gasteiger partial charge on any atom is 0.275 e. The Balaban J connectivity index is 2.60. The maximum absolute atomic E-state index is 12.8. The highest BCUT2D eigenvalue weighted by atomic mass is 16.5. The van der Waals surface area contributed by atoms with Gasteiger partial charge in [0.15, 0.2) is 0 Å². The van der Waals surface area contributed by atoms with Crippen LogP contribution in [0.15, 0.2) is 41.3 Å². The molecule has 20 heavy (non-hydrogen) atoms. The maximum atomic E-state index is 12.8. The van der Waals surface area contributed by atoms with E-state index >= 15 is 0 Å². The topological polar surface area (TPSA) is 35.6 Å². The molecule has 0 radical (unpaired) electrons. The summed E-state index contributed by atoms with van der Waals surface area (Å²) in [5, 5.41) is 0. The van der Waals surface area contributed by atoms with Crippen molar-refractivity contribution in [1.82, 2.24) is 8.97 Å². The number of aromatic nitrogens is 2. The number of methoxy groups -OCH3 is 1. The summed E-state index contributed by atoms with van der Waals surface area (Å²) in [6.07, 6.45) is 1.92. The van der Waals surface area contributed by atoms with Gasteiger partial charge in [-0.1, -0.05) is 0 Å². The van der Waals surface area contributed by atoms with Gasteiger partial charge in [-0.3, -0.25) is 9.36 Å². The van der Waals surface area contributed by atoms with Gasteiger partial charge in [0, 0.05) is 17.8 Å². The number of fused-ring (bicyclic) bond motifs is 3. The molecule has 0 N–H and O–H groups in total. The van der Waals surface area contributed by atoms with E-state index in [1.54, 1.807) is 7.11 Å². The lowest BCUT2D eigenvalue weighted by Gasteiger charge is -2.25. The second-order valence-electron chi connectivity index (χ2n) is 5.93. The molecule has 2 aromatic heterocycles. The van der Waals surface area contributed by atoms with Crippen molar-refractivity contribution >= 4 is 16.6 Å². The van der Waals surface area contributed by atoms with E-state index in [2.05, 4.69) is 0 Å². The average Bonchev–Trinajstić information content (AvgIpc) is 2.86. The minimum atomic E-state index is -0.298. The van der Waals surface area contributed by atoms with Crippen LogP contribution in [-0.4, -0.2) is 16.1 Å². The summed E-state index contributed by atoms with van der Waals surface area (Å²) in [6, 6.07) is 9.57. The molecule has 0 bridgehead atoms. The molecule has 3 aromatic rings. The van der Waals surface area contributed by atoms with Crippen molar-refractivity contribution in [2.75, 3.05) is 7.11 Å². The minimum Gasteiger partial charge on any atom is -0.497 e. The van der Waals surface area contributed by atoms with Gasteiger partial charge in [0.05, 0.1) is 18.1 Å². The van der Waals surface area contributed by atoms with Crippen LogP contribution in [0.2, 0.25) is 0 Å². The summed E-state index contributed by atoms with van der Waals surface area (Å²) in [5.41, 5.74) is 2.29. The third kappa shape index (κ3) is 1.72. The highest BCUT2D eigenvalue weighted by Gasteiger charge is 2.20. The van der Waals surface area contributed by atoms with Gasteiger partial charge in [0.1, 0.15) is 11.3 Å². The standard InChI is InChI=1S/C16H18N2O2/c1-16(2,3)18-14-10-11(20-4)7-8-12(14)17-9-5-6-13(17)15(18)19/h5-10H,1-4H3. The molecule has 0 saturated heterocycles. The van der Waals surface area contributed by atoms with Crippen LogP contribution < -0.4 is 10.3 Å². The molecule has 0 aliphatic rings. The SMILES string of the molecule is COc1ccc2c(c1)n(C(C)(C)C)c(=O)c1cccn12. The number of nitrogens with zero attached hydrogens (tertiary/aromatic N) is 2. The van der Waals surface area contributed by atoms with Crippen molar-refractivity contribution in [3.05, 3.63) is 46.9 Å². The largest absolute Gasteiger partial charge is 0.497 e. The van der Waals surface area contributed by atoms with Crippen molar-refractivity contribution in [3.63, 3.8) is 0 Å². The fourth-order valence-electron chi connectivity index (χ4n) is 2.67. The van der Waals surface area contributed by atoms with Crippen LogP contribution in [0.3, 0.4) is 0 Å². The Labute approximate surface area is 117 Å². The monoisotopic (exact) mass is 270 g/mol. The molecule has 0 aliphatic heterocycles. The Morgan fingerprint density at radius 3 is 2.45 bits per heavy atom. The van der Waals surface area contributed by atoms with Crippen molar-refractivity contribution in [1.29, 1.82) is 0 Å². The predicted octanol–water partition coefficient (Wildman–Crippen LogP) is 3.02. The van der Waals surface area contributed by atoms with E-state index < -0.39 is 0 Å². The second kappa shape index (κ2) is 4.13. The molecule has 4 heteroatoms. The van der Waals surface area contributed by atoms with Crippen LogP contribution in [-0.2, 0) is 5.54 Å². The summed E-state index contributed by atoms with van der Waals surface area (Å²) in [4.78, 5) is 12.8. The van der Waals surface area contributed by atoms with Gasteiger partial charge in [-0.2, -0.15) is 0 Å². The molecular weight excluding hydrogens is 252 g/mol. The molecule has 0 aliphatic carbocycles. The zero-order valence-corrected chi connectivity index (χ0v) is 12.2. The zero-order valence-electron chi connectivity index (χ0n) is 12.2. The van der Waals surface area contributed by atoms with Crippen LogP contribution >= 0.6 is 0 Å². The molecule has 0 amide bonds. The number of benzene rings is 1.